The lowest BCUT2D eigenvalue weighted by Gasteiger charge is -2.79. The van der Waals surface area contributed by atoms with Crippen LogP contribution in [-0.2, 0) is 22.3 Å². The molecule has 1 aromatic rings. The summed E-state index contributed by atoms with van der Waals surface area (Å²) in [4.78, 5) is 12.7. The number of ether oxygens (including phenoxy) is 3. The Bertz CT molecular complexity index is 1130. The van der Waals surface area contributed by atoms with E-state index in [1.54, 1.807) is 6.92 Å². The van der Waals surface area contributed by atoms with Gasteiger partial charge in [-0.25, -0.2) is 4.79 Å². The zero-order valence-electron chi connectivity index (χ0n) is 19.7. The number of rotatable bonds is 0. The van der Waals surface area contributed by atoms with Crippen molar-refractivity contribution in [2.75, 3.05) is 0 Å². The first kappa shape index (κ1) is 22.0. The van der Waals surface area contributed by atoms with Crippen LogP contribution in [0.5, 0.6) is 11.5 Å². The lowest BCUT2D eigenvalue weighted by atomic mass is 9.36. The lowest BCUT2D eigenvalue weighted by molar-refractivity contribution is -0.498. The Morgan fingerprint density at radius 2 is 1.73 bits per heavy atom. The molecule has 7 nitrogen and oxygen atoms in total. The van der Waals surface area contributed by atoms with Gasteiger partial charge in [0.2, 0.25) is 0 Å². The average Bonchev–Trinajstić information content (AvgIpc) is 2.72. The molecule has 1 spiro atoms. The molecule has 4 aliphatic heterocycles. The van der Waals surface area contributed by atoms with Gasteiger partial charge in [-0.3, -0.25) is 0 Å². The molecule has 6 atom stereocenters. The summed E-state index contributed by atoms with van der Waals surface area (Å²) in [5, 5.41) is 34.8. The quantitative estimate of drug-likeness (QED) is 0.489. The molecule has 4 bridgehead atoms. The van der Waals surface area contributed by atoms with Crippen molar-refractivity contribution in [3.63, 3.8) is 0 Å². The Morgan fingerprint density at radius 1 is 1.03 bits per heavy atom. The van der Waals surface area contributed by atoms with E-state index in [0.29, 0.717) is 55.4 Å². The van der Waals surface area contributed by atoms with Crippen molar-refractivity contribution in [1.29, 1.82) is 0 Å². The third-order valence-corrected chi connectivity index (χ3v) is 10.6. The average molecular weight is 479 g/mol. The van der Waals surface area contributed by atoms with Crippen LogP contribution in [0.2, 0.25) is 5.02 Å². The van der Waals surface area contributed by atoms with Gasteiger partial charge in [-0.15, -0.1) is 0 Å². The van der Waals surface area contributed by atoms with Gasteiger partial charge >= 0.3 is 5.97 Å². The predicted octanol–water partition coefficient (Wildman–Crippen LogP) is 3.65. The third kappa shape index (κ3) is 2.06. The molecule has 1 aromatic carbocycles. The van der Waals surface area contributed by atoms with Crippen molar-refractivity contribution in [2.24, 2.45) is 10.8 Å². The smallest absolute Gasteiger partial charge is 0.342 e. The minimum absolute atomic E-state index is 0.0164. The molecular weight excluding hydrogens is 448 g/mol. The highest BCUT2D eigenvalue weighted by molar-refractivity contribution is 6.34. The number of carbonyl (C=O) groups excluding carboxylic acids is 1. The number of hydrogen-bond acceptors (Lipinski definition) is 7. The molecule has 0 radical (unpaired) electrons. The van der Waals surface area contributed by atoms with Gasteiger partial charge < -0.3 is 29.5 Å². The Labute approximate surface area is 198 Å². The fraction of sp³-hybridized carbons (Fsp3) is 0.720. The van der Waals surface area contributed by atoms with E-state index in [2.05, 4.69) is 0 Å². The van der Waals surface area contributed by atoms with Crippen molar-refractivity contribution < 1.29 is 34.3 Å². The van der Waals surface area contributed by atoms with E-state index < -0.39 is 39.4 Å². The van der Waals surface area contributed by atoms with Crippen LogP contribution in [0.1, 0.15) is 81.8 Å². The minimum Gasteiger partial charge on any atom is -0.505 e. The van der Waals surface area contributed by atoms with Crippen molar-refractivity contribution in [1.82, 2.24) is 0 Å². The number of aliphatic hydroxyl groups is 2. The Hall–Kier alpha value is -1.54. The van der Waals surface area contributed by atoms with E-state index in [4.69, 9.17) is 25.8 Å². The van der Waals surface area contributed by atoms with Gasteiger partial charge in [0.15, 0.2) is 11.5 Å². The standard InChI is InChI=1S/C25H31ClO7/c1-12-10-13-14-11-24-21(4)6-9-25(30,33-24)20(2,3)23(21,29)8-7-22(24,5)32-18(14)16(26)17(27)15(13)19(28)31-12/h12,27,29-30H,6-11H2,1-5H3/t12-,21+,22-,23+,24+,25-/m1/s1. The highest BCUT2D eigenvalue weighted by Crippen LogP contribution is 2.76. The third-order valence-electron chi connectivity index (χ3n) is 10.3. The largest absolute Gasteiger partial charge is 0.505 e. The van der Waals surface area contributed by atoms with Crippen LogP contribution in [0.4, 0.5) is 0 Å². The monoisotopic (exact) mass is 478 g/mol. The molecule has 180 valence electrons. The molecule has 0 amide bonds. The molecule has 0 aromatic heterocycles. The molecule has 2 saturated heterocycles. The first-order chi connectivity index (χ1) is 15.2. The van der Waals surface area contributed by atoms with Crippen molar-refractivity contribution in [3.05, 3.63) is 21.7 Å². The number of phenols is 1. The molecular formula is C25H31ClO7. The molecule has 4 heterocycles. The van der Waals surface area contributed by atoms with Gasteiger partial charge in [0.05, 0.1) is 5.60 Å². The van der Waals surface area contributed by atoms with Crippen molar-refractivity contribution in [2.45, 2.75) is 102 Å². The van der Waals surface area contributed by atoms with E-state index in [-0.39, 0.29) is 22.4 Å². The second-order valence-electron chi connectivity index (χ2n) is 11.8. The first-order valence-electron chi connectivity index (χ1n) is 11.8. The molecule has 7 rings (SSSR count). The summed E-state index contributed by atoms with van der Waals surface area (Å²) >= 11 is 6.57. The van der Waals surface area contributed by atoms with Gasteiger partial charge in [-0.1, -0.05) is 32.4 Å². The van der Waals surface area contributed by atoms with E-state index in [1.807, 2.05) is 27.7 Å². The van der Waals surface area contributed by atoms with Crippen LogP contribution in [-0.4, -0.2) is 50.0 Å². The Morgan fingerprint density at radius 3 is 2.42 bits per heavy atom. The van der Waals surface area contributed by atoms with Crippen LogP contribution in [0, 0.1) is 10.8 Å². The zero-order chi connectivity index (χ0) is 24.0. The summed E-state index contributed by atoms with van der Waals surface area (Å²) in [6.45, 7) is 9.56. The minimum atomic E-state index is -1.53. The summed E-state index contributed by atoms with van der Waals surface area (Å²) in [5.41, 5.74) is -3.36. The number of cyclic esters (lactones) is 1. The van der Waals surface area contributed by atoms with Crippen LogP contribution >= 0.6 is 11.6 Å². The van der Waals surface area contributed by atoms with Crippen molar-refractivity contribution in [3.8, 4) is 11.5 Å². The highest BCUT2D eigenvalue weighted by Gasteiger charge is 2.85. The summed E-state index contributed by atoms with van der Waals surface area (Å²) in [6, 6.07) is 0. The normalized spacial score (nSPS) is 46.5. The number of fused-ring (bicyclic) bond motifs is 4. The van der Waals surface area contributed by atoms with Gasteiger partial charge in [-0.2, -0.15) is 0 Å². The molecule has 8 heteroatoms. The highest BCUT2D eigenvalue weighted by atomic mass is 35.5. The predicted molar refractivity (Wildman–Crippen MR) is 119 cm³/mol. The zero-order valence-corrected chi connectivity index (χ0v) is 20.4. The topological polar surface area (TPSA) is 105 Å². The molecule has 33 heavy (non-hydrogen) atoms. The summed E-state index contributed by atoms with van der Waals surface area (Å²) < 4.78 is 18.7. The second-order valence-corrected chi connectivity index (χ2v) is 12.2. The molecule has 0 unspecified atom stereocenters. The maximum atomic E-state index is 12.7. The fourth-order valence-corrected chi connectivity index (χ4v) is 8.33. The maximum Gasteiger partial charge on any atom is 0.342 e. The lowest BCUT2D eigenvalue weighted by Crippen LogP contribution is -2.89. The number of halogens is 1. The number of carbonyl (C=O) groups is 1. The number of esters is 1. The second kappa shape index (κ2) is 5.81. The molecule has 4 fully saturated rings. The van der Waals surface area contributed by atoms with E-state index in [9.17, 15) is 20.1 Å². The Kier molecular flexibility index (Phi) is 3.87. The molecule has 2 saturated carbocycles. The van der Waals surface area contributed by atoms with Gasteiger partial charge in [0.1, 0.15) is 33.6 Å². The number of aromatic hydroxyl groups is 1. The molecule has 3 N–H and O–H groups in total. The van der Waals surface area contributed by atoms with E-state index >= 15 is 0 Å². The summed E-state index contributed by atoms with van der Waals surface area (Å²) in [6.07, 6.45) is 2.26. The van der Waals surface area contributed by atoms with E-state index in [0.717, 1.165) is 0 Å². The van der Waals surface area contributed by atoms with E-state index in [1.165, 1.54) is 0 Å². The summed E-state index contributed by atoms with van der Waals surface area (Å²) in [7, 11) is 0. The molecule has 2 aliphatic carbocycles. The first-order valence-corrected chi connectivity index (χ1v) is 12.2. The fourth-order valence-electron chi connectivity index (χ4n) is 8.08. The van der Waals surface area contributed by atoms with Crippen LogP contribution in [0.15, 0.2) is 0 Å². The number of hydrogen-bond donors (Lipinski definition) is 3. The van der Waals surface area contributed by atoms with Crippen LogP contribution in [0.3, 0.4) is 0 Å². The van der Waals surface area contributed by atoms with Gasteiger partial charge in [0.25, 0.3) is 0 Å². The number of benzene rings is 1. The van der Waals surface area contributed by atoms with Gasteiger partial charge in [-0.05, 0) is 38.7 Å². The maximum absolute atomic E-state index is 12.7. The number of phenolic OH excluding ortho intramolecular Hbond substituents is 1. The Balaban J connectivity index is 1.64. The summed E-state index contributed by atoms with van der Waals surface area (Å²) in [5.74, 6) is -2.12. The van der Waals surface area contributed by atoms with Crippen molar-refractivity contribution >= 4 is 17.6 Å². The van der Waals surface area contributed by atoms with Crippen LogP contribution < -0.4 is 4.74 Å². The van der Waals surface area contributed by atoms with Crippen LogP contribution in [0.25, 0.3) is 0 Å². The molecule has 6 aliphatic rings. The van der Waals surface area contributed by atoms with Gasteiger partial charge in [0, 0.05) is 35.7 Å². The SMILES string of the molecule is C[C@@H]1Cc2c3c(c(Cl)c(O)c2C(=O)O1)O[C@]1(C)CC[C@]2(O)C(C)(C)[C@@]4(O)CC[C@]2(C)[C@]1(C3)O4.